The quantitative estimate of drug-likeness (QED) is 0.634. The van der Waals surface area contributed by atoms with Crippen molar-refractivity contribution in [1.82, 2.24) is 9.55 Å². The van der Waals surface area contributed by atoms with E-state index in [1.54, 1.807) is 13.1 Å². The van der Waals surface area contributed by atoms with Crippen molar-refractivity contribution in [2.24, 2.45) is 5.92 Å². The molecule has 0 aliphatic carbocycles. The lowest BCUT2D eigenvalue weighted by Gasteiger charge is -2.04. The van der Waals surface area contributed by atoms with E-state index in [0.717, 1.165) is 0 Å². The lowest BCUT2D eigenvalue weighted by Crippen LogP contribution is -2.21. The van der Waals surface area contributed by atoms with Gasteiger partial charge in [0.2, 0.25) is 0 Å². The van der Waals surface area contributed by atoms with Crippen LogP contribution in [0, 0.1) is 17.2 Å². The Balaban J connectivity index is 2.85. The standard InChI is InChI=1S/C8H9N3O/c1-7(4-9)6-11-3-2-10-5-8(11)12/h2-3,5,7H,6H2,1H3. The first kappa shape index (κ1) is 8.47. The first-order valence-electron chi connectivity index (χ1n) is 3.64. The molecule has 0 saturated heterocycles. The van der Waals surface area contributed by atoms with Gasteiger partial charge in [-0.2, -0.15) is 5.26 Å². The Bertz CT molecular complexity index is 350. The molecule has 0 aliphatic rings. The minimum absolute atomic E-state index is 0.148. The van der Waals surface area contributed by atoms with Gasteiger partial charge in [0, 0.05) is 18.9 Å². The highest BCUT2D eigenvalue weighted by Crippen LogP contribution is 1.94. The molecule has 4 nitrogen and oxygen atoms in total. The molecule has 0 aliphatic heterocycles. The van der Waals surface area contributed by atoms with Crippen LogP contribution in [0.5, 0.6) is 0 Å². The maximum Gasteiger partial charge on any atom is 0.269 e. The molecule has 0 aromatic carbocycles. The van der Waals surface area contributed by atoms with Crippen LogP contribution in [0.3, 0.4) is 0 Å². The molecule has 0 spiro atoms. The fraction of sp³-hybridized carbons (Fsp3) is 0.375. The SMILES string of the molecule is CC(C#N)Cn1ccncc1=O. The molecule has 0 radical (unpaired) electrons. The number of nitrogens with zero attached hydrogens (tertiary/aromatic N) is 3. The fourth-order valence-corrected chi connectivity index (χ4v) is 0.860. The summed E-state index contributed by atoms with van der Waals surface area (Å²) in [6.07, 6.45) is 4.35. The lowest BCUT2D eigenvalue weighted by molar-refractivity contribution is 0.561. The summed E-state index contributed by atoms with van der Waals surface area (Å²) in [7, 11) is 0. The highest BCUT2D eigenvalue weighted by atomic mass is 16.1. The first-order valence-corrected chi connectivity index (χ1v) is 3.64. The summed E-state index contributed by atoms with van der Waals surface area (Å²) in [5.74, 6) is -0.148. The molecular formula is C8H9N3O. The van der Waals surface area contributed by atoms with Gasteiger partial charge in [0.05, 0.1) is 18.2 Å². The molecule has 0 N–H and O–H groups in total. The zero-order chi connectivity index (χ0) is 8.97. The second kappa shape index (κ2) is 3.67. The normalized spacial score (nSPS) is 12.0. The van der Waals surface area contributed by atoms with Crippen LogP contribution in [0.4, 0.5) is 0 Å². The molecule has 1 atom stereocenters. The van der Waals surface area contributed by atoms with Crippen molar-refractivity contribution < 1.29 is 0 Å². The average Bonchev–Trinajstić information content (AvgIpc) is 2.09. The van der Waals surface area contributed by atoms with Gasteiger partial charge in [0.1, 0.15) is 0 Å². The number of aromatic nitrogens is 2. The second-order valence-electron chi connectivity index (χ2n) is 2.60. The van der Waals surface area contributed by atoms with E-state index in [2.05, 4.69) is 11.1 Å². The molecule has 1 heterocycles. The molecule has 0 fully saturated rings. The van der Waals surface area contributed by atoms with Crippen LogP contribution in [-0.4, -0.2) is 9.55 Å². The zero-order valence-electron chi connectivity index (χ0n) is 6.77. The predicted octanol–water partition coefficient (Wildman–Crippen LogP) is 0.403. The van der Waals surface area contributed by atoms with Crippen LogP contribution >= 0.6 is 0 Å². The van der Waals surface area contributed by atoms with E-state index < -0.39 is 0 Å². The van der Waals surface area contributed by atoms with Gasteiger partial charge in [0.25, 0.3) is 5.56 Å². The van der Waals surface area contributed by atoms with Gasteiger partial charge < -0.3 is 4.57 Å². The van der Waals surface area contributed by atoms with E-state index in [9.17, 15) is 4.79 Å². The van der Waals surface area contributed by atoms with Gasteiger partial charge in [-0.25, -0.2) is 0 Å². The Morgan fingerprint density at radius 1 is 1.83 bits per heavy atom. The van der Waals surface area contributed by atoms with E-state index >= 15 is 0 Å². The summed E-state index contributed by atoms with van der Waals surface area (Å²) in [6.45, 7) is 2.20. The Morgan fingerprint density at radius 3 is 3.17 bits per heavy atom. The number of nitriles is 1. The third-order valence-electron chi connectivity index (χ3n) is 1.49. The molecular weight excluding hydrogens is 154 g/mol. The van der Waals surface area contributed by atoms with Crippen molar-refractivity contribution in [3.63, 3.8) is 0 Å². The Kier molecular flexibility index (Phi) is 2.59. The van der Waals surface area contributed by atoms with Crippen LogP contribution < -0.4 is 5.56 Å². The largest absolute Gasteiger partial charge is 0.311 e. The van der Waals surface area contributed by atoms with Gasteiger partial charge in [0.15, 0.2) is 0 Å². The maximum absolute atomic E-state index is 11.1. The molecule has 0 saturated carbocycles. The van der Waals surface area contributed by atoms with Crippen molar-refractivity contribution in [2.75, 3.05) is 0 Å². The Hall–Kier alpha value is -1.63. The highest BCUT2D eigenvalue weighted by Gasteiger charge is 2.01. The Labute approximate surface area is 70.1 Å². The highest BCUT2D eigenvalue weighted by molar-refractivity contribution is 4.85. The molecule has 1 rings (SSSR count). The van der Waals surface area contributed by atoms with Gasteiger partial charge in [-0.1, -0.05) is 0 Å². The number of hydrogen-bond donors (Lipinski definition) is 0. The summed E-state index contributed by atoms with van der Waals surface area (Å²) >= 11 is 0. The maximum atomic E-state index is 11.1. The molecule has 12 heavy (non-hydrogen) atoms. The minimum atomic E-state index is -0.167. The van der Waals surface area contributed by atoms with E-state index in [-0.39, 0.29) is 11.5 Å². The average molecular weight is 163 g/mol. The van der Waals surface area contributed by atoms with Gasteiger partial charge in [-0.3, -0.25) is 9.78 Å². The van der Waals surface area contributed by atoms with Crippen molar-refractivity contribution >= 4 is 0 Å². The van der Waals surface area contributed by atoms with Gasteiger partial charge >= 0.3 is 0 Å². The van der Waals surface area contributed by atoms with E-state index in [0.29, 0.717) is 6.54 Å². The molecule has 0 bridgehead atoms. The number of rotatable bonds is 2. The van der Waals surface area contributed by atoms with Crippen molar-refractivity contribution in [3.8, 4) is 6.07 Å². The zero-order valence-corrected chi connectivity index (χ0v) is 6.77. The van der Waals surface area contributed by atoms with E-state index in [1.807, 2.05) is 0 Å². The monoisotopic (exact) mass is 163 g/mol. The van der Waals surface area contributed by atoms with Crippen molar-refractivity contribution in [2.45, 2.75) is 13.5 Å². The topological polar surface area (TPSA) is 58.7 Å². The van der Waals surface area contributed by atoms with Crippen LogP contribution in [0.25, 0.3) is 0 Å². The molecule has 1 aromatic heterocycles. The first-order chi connectivity index (χ1) is 5.74. The van der Waals surface area contributed by atoms with Gasteiger partial charge in [-0.15, -0.1) is 0 Å². The summed E-state index contributed by atoms with van der Waals surface area (Å²) in [5, 5.41) is 8.51. The van der Waals surface area contributed by atoms with Crippen LogP contribution in [0.1, 0.15) is 6.92 Å². The van der Waals surface area contributed by atoms with Gasteiger partial charge in [-0.05, 0) is 6.92 Å². The Morgan fingerprint density at radius 2 is 2.58 bits per heavy atom. The van der Waals surface area contributed by atoms with Crippen LogP contribution in [0.2, 0.25) is 0 Å². The lowest BCUT2D eigenvalue weighted by atomic mass is 10.2. The molecule has 0 amide bonds. The third-order valence-corrected chi connectivity index (χ3v) is 1.49. The molecule has 4 heteroatoms. The summed E-state index contributed by atoms with van der Waals surface area (Å²) in [5.41, 5.74) is -0.167. The summed E-state index contributed by atoms with van der Waals surface area (Å²) in [6, 6.07) is 2.06. The van der Waals surface area contributed by atoms with Crippen molar-refractivity contribution in [3.05, 3.63) is 28.9 Å². The smallest absolute Gasteiger partial charge is 0.269 e. The van der Waals surface area contributed by atoms with E-state index in [1.165, 1.54) is 17.0 Å². The fourth-order valence-electron chi connectivity index (χ4n) is 0.860. The van der Waals surface area contributed by atoms with Crippen LogP contribution in [-0.2, 0) is 6.54 Å². The van der Waals surface area contributed by atoms with Crippen molar-refractivity contribution in [1.29, 1.82) is 5.26 Å². The molecule has 1 aromatic rings. The second-order valence-corrected chi connectivity index (χ2v) is 2.60. The predicted molar refractivity (Wildman–Crippen MR) is 43.3 cm³/mol. The molecule has 1 unspecified atom stereocenters. The minimum Gasteiger partial charge on any atom is -0.311 e. The third kappa shape index (κ3) is 1.92. The number of hydrogen-bond acceptors (Lipinski definition) is 3. The van der Waals surface area contributed by atoms with Crippen LogP contribution in [0.15, 0.2) is 23.4 Å². The molecule has 62 valence electrons. The summed E-state index contributed by atoms with van der Waals surface area (Å²) in [4.78, 5) is 14.7. The summed E-state index contributed by atoms with van der Waals surface area (Å²) < 4.78 is 1.47. The van der Waals surface area contributed by atoms with E-state index in [4.69, 9.17) is 5.26 Å².